The Hall–Kier alpha value is -0.650. The lowest BCUT2D eigenvalue weighted by atomic mass is 10.0. The summed E-state index contributed by atoms with van der Waals surface area (Å²) in [6, 6.07) is 0.431. The van der Waals surface area contributed by atoms with Gasteiger partial charge in [0.2, 0.25) is 5.91 Å². The summed E-state index contributed by atoms with van der Waals surface area (Å²) in [7, 11) is 0. The van der Waals surface area contributed by atoms with Gasteiger partial charge in [-0.25, -0.2) is 0 Å². The molecule has 0 N–H and O–H groups in total. The third kappa shape index (κ3) is 4.91. The molecule has 1 amide bonds. The summed E-state index contributed by atoms with van der Waals surface area (Å²) in [5, 5.41) is 0. The zero-order valence-electron chi connectivity index (χ0n) is 14.7. The van der Waals surface area contributed by atoms with Crippen molar-refractivity contribution < 1.29 is 9.53 Å². The summed E-state index contributed by atoms with van der Waals surface area (Å²) in [5.74, 6) is 0.335. The lowest BCUT2D eigenvalue weighted by Crippen LogP contribution is -2.53. The van der Waals surface area contributed by atoms with Gasteiger partial charge in [-0.2, -0.15) is 0 Å². The van der Waals surface area contributed by atoms with E-state index in [1.165, 1.54) is 38.5 Å². The molecule has 2 unspecified atom stereocenters. The molecule has 0 aromatic heterocycles. The van der Waals surface area contributed by atoms with E-state index in [9.17, 15) is 4.79 Å². The molecule has 3 aliphatic heterocycles. The molecule has 3 heterocycles. The van der Waals surface area contributed by atoms with Crippen molar-refractivity contribution in [2.75, 3.05) is 52.4 Å². The quantitative estimate of drug-likeness (QED) is 0.787. The summed E-state index contributed by atoms with van der Waals surface area (Å²) in [6.45, 7) is 9.95. The van der Waals surface area contributed by atoms with Crippen LogP contribution < -0.4 is 0 Å². The van der Waals surface area contributed by atoms with Crippen LogP contribution >= 0.6 is 0 Å². The van der Waals surface area contributed by atoms with Crippen LogP contribution in [0.15, 0.2) is 0 Å². The van der Waals surface area contributed by atoms with Gasteiger partial charge in [0.25, 0.3) is 0 Å². The minimum atomic E-state index is 0.335. The molecule has 0 saturated carbocycles. The van der Waals surface area contributed by atoms with Gasteiger partial charge in [-0.1, -0.05) is 0 Å². The van der Waals surface area contributed by atoms with Gasteiger partial charge in [-0.3, -0.25) is 14.6 Å². The van der Waals surface area contributed by atoms with Crippen molar-refractivity contribution in [1.29, 1.82) is 0 Å². The van der Waals surface area contributed by atoms with Gasteiger partial charge in [0.05, 0.1) is 12.6 Å². The number of carbonyl (C=O) groups is 1. The van der Waals surface area contributed by atoms with Gasteiger partial charge >= 0.3 is 0 Å². The second-order valence-electron chi connectivity index (χ2n) is 7.50. The third-order valence-corrected chi connectivity index (χ3v) is 5.68. The number of likely N-dealkylation sites (tertiary alicyclic amines) is 1. The average Bonchev–Trinajstić information content (AvgIpc) is 2.58. The molecule has 2 atom stereocenters. The third-order valence-electron chi connectivity index (χ3n) is 5.68. The van der Waals surface area contributed by atoms with Gasteiger partial charge in [0.15, 0.2) is 0 Å². The molecule has 3 aliphatic rings. The van der Waals surface area contributed by atoms with E-state index in [0.717, 1.165) is 45.9 Å². The summed E-state index contributed by atoms with van der Waals surface area (Å²) in [6.07, 6.45) is 7.80. The summed E-state index contributed by atoms with van der Waals surface area (Å²) >= 11 is 0. The number of piperidine rings is 1. The van der Waals surface area contributed by atoms with E-state index < -0.39 is 0 Å². The van der Waals surface area contributed by atoms with Crippen LogP contribution in [0.25, 0.3) is 0 Å². The van der Waals surface area contributed by atoms with Crippen LogP contribution in [-0.4, -0.2) is 85.2 Å². The largest absolute Gasteiger partial charge is 0.377 e. The Morgan fingerprint density at radius 3 is 2.39 bits per heavy atom. The summed E-state index contributed by atoms with van der Waals surface area (Å²) in [5.41, 5.74) is 0. The van der Waals surface area contributed by atoms with Crippen LogP contribution in [-0.2, 0) is 9.53 Å². The SMILES string of the molecule is CC1CCCCN1C(=O)CN1CCN(CC2CCCCO2)CC1. The normalized spacial score (nSPS) is 31.3. The van der Waals surface area contributed by atoms with Crippen LogP contribution in [0.3, 0.4) is 0 Å². The first kappa shape index (κ1) is 17.2. The maximum absolute atomic E-state index is 12.5. The molecule has 132 valence electrons. The highest BCUT2D eigenvalue weighted by Crippen LogP contribution is 2.17. The molecule has 0 spiro atoms. The van der Waals surface area contributed by atoms with Gasteiger partial charge in [-0.15, -0.1) is 0 Å². The van der Waals surface area contributed by atoms with E-state index in [0.29, 0.717) is 24.6 Å². The number of ether oxygens (including phenoxy) is 1. The zero-order valence-corrected chi connectivity index (χ0v) is 14.7. The standard InChI is InChI=1S/C18H33N3O2/c1-16-6-2-4-8-21(16)18(22)15-20-11-9-19(10-12-20)14-17-7-3-5-13-23-17/h16-17H,2-15H2,1H3. The molecule has 3 saturated heterocycles. The molecular formula is C18H33N3O2. The molecule has 0 bridgehead atoms. The first-order valence-corrected chi connectivity index (χ1v) is 9.58. The average molecular weight is 323 g/mol. The van der Waals surface area contributed by atoms with E-state index >= 15 is 0 Å². The highest BCUT2D eigenvalue weighted by atomic mass is 16.5. The number of rotatable bonds is 4. The van der Waals surface area contributed by atoms with Gasteiger partial charge < -0.3 is 9.64 Å². The fourth-order valence-electron chi connectivity index (χ4n) is 4.12. The first-order chi connectivity index (χ1) is 11.2. The molecular weight excluding hydrogens is 290 g/mol. The zero-order chi connectivity index (χ0) is 16.1. The van der Waals surface area contributed by atoms with Crippen LogP contribution in [0.5, 0.6) is 0 Å². The monoisotopic (exact) mass is 323 g/mol. The predicted octanol–water partition coefficient (Wildman–Crippen LogP) is 1.57. The Morgan fingerprint density at radius 2 is 1.70 bits per heavy atom. The van der Waals surface area contributed by atoms with Crippen LogP contribution in [0.4, 0.5) is 0 Å². The lowest BCUT2D eigenvalue weighted by molar-refractivity contribution is -0.136. The number of nitrogens with zero attached hydrogens (tertiary/aromatic N) is 3. The van der Waals surface area contributed by atoms with E-state index in [1.807, 2.05) is 0 Å². The second kappa shape index (κ2) is 8.45. The first-order valence-electron chi connectivity index (χ1n) is 9.58. The van der Waals surface area contributed by atoms with Crippen molar-refractivity contribution in [2.24, 2.45) is 0 Å². The Kier molecular flexibility index (Phi) is 6.31. The van der Waals surface area contributed by atoms with E-state index in [4.69, 9.17) is 4.74 Å². The van der Waals surface area contributed by atoms with Crippen LogP contribution in [0.1, 0.15) is 45.4 Å². The molecule has 0 radical (unpaired) electrons. The van der Waals surface area contributed by atoms with Gasteiger partial charge in [0, 0.05) is 51.9 Å². The number of carbonyl (C=O) groups excluding carboxylic acids is 1. The Labute approximate surface area is 140 Å². The van der Waals surface area contributed by atoms with Crippen molar-refractivity contribution in [1.82, 2.24) is 14.7 Å². The maximum atomic E-state index is 12.5. The van der Waals surface area contributed by atoms with Gasteiger partial charge in [0.1, 0.15) is 0 Å². The van der Waals surface area contributed by atoms with E-state index in [1.54, 1.807) is 0 Å². The molecule has 23 heavy (non-hydrogen) atoms. The van der Waals surface area contributed by atoms with Crippen LogP contribution in [0.2, 0.25) is 0 Å². The lowest BCUT2D eigenvalue weighted by Gasteiger charge is -2.39. The van der Waals surface area contributed by atoms with Crippen molar-refractivity contribution in [3.05, 3.63) is 0 Å². The molecule has 3 fully saturated rings. The molecule has 5 heteroatoms. The highest BCUT2D eigenvalue weighted by molar-refractivity contribution is 5.78. The second-order valence-corrected chi connectivity index (χ2v) is 7.50. The van der Waals surface area contributed by atoms with Crippen LogP contribution in [0, 0.1) is 0 Å². The summed E-state index contributed by atoms with van der Waals surface area (Å²) in [4.78, 5) is 19.5. The highest BCUT2D eigenvalue weighted by Gasteiger charge is 2.27. The Morgan fingerprint density at radius 1 is 0.957 bits per heavy atom. The summed E-state index contributed by atoms with van der Waals surface area (Å²) < 4.78 is 5.85. The fraction of sp³-hybridized carbons (Fsp3) is 0.944. The number of amides is 1. The molecule has 0 aromatic rings. The van der Waals surface area contributed by atoms with E-state index in [2.05, 4.69) is 21.6 Å². The van der Waals surface area contributed by atoms with Gasteiger partial charge in [-0.05, 0) is 45.4 Å². The minimum absolute atomic E-state index is 0.335. The topological polar surface area (TPSA) is 36.0 Å². The van der Waals surface area contributed by atoms with E-state index in [-0.39, 0.29) is 0 Å². The smallest absolute Gasteiger partial charge is 0.236 e. The molecule has 0 aliphatic carbocycles. The molecule has 3 rings (SSSR count). The number of hydrogen-bond acceptors (Lipinski definition) is 4. The van der Waals surface area contributed by atoms with Crippen molar-refractivity contribution in [3.8, 4) is 0 Å². The minimum Gasteiger partial charge on any atom is -0.377 e. The maximum Gasteiger partial charge on any atom is 0.236 e. The Bertz CT molecular complexity index is 376. The van der Waals surface area contributed by atoms with Crippen molar-refractivity contribution in [3.63, 3.8) is 0 Å². The number of piperazine rings is 1. The van der Waals surface area contributed by atoms with Crippen molar-refractivity contribution >= 4 is 5.91 Å². The molecule has 0 aromatic carbocycles. The molecule has 5 nitrogen and oxygen atoms in total. The predicted molar refractivity (Wildman–Crippen MR) is 91.5 cm³/mol. The Balaban J connectivity index is 1.37. The van der Waals surface area contributed by atoms with Crippen molar-refractivity contribution in [2.45, 2.75) is 57.6 Å². The fourth-order valence-corrected chi connectivity index (χ4v) is 4.12. The number of hydrogen-bond donors (Lipinski definition) is 0.